The lowest BCUT2D eigenvalue weighted by Gasteiger charge is -2.04. The third kappa shape index (κ3) is 1.98. The van der Waals surface area contributed by atoms with Gasteiger partial charge in [0.25, 0.3) is 0 Å². The highest BCUT2D eigenvalue weighted by molar-refractivity contribution is 5.18. The van der Waals surface area contributed by atoms with Gasteiger partial charge in [-0.15, -0.1) is 0 Å². The van der Waals surface area contributed by atoms with E-state index in [1.807, 2.05) is 6.92 Å². The molecule has 1 unspecified atom stereocenters. The third-order valence-electron chi connectivity index (χ3n) is 1.50. The molecule has 1 heterocycles. The molecule has 0 amide bonds. The van der Waals surface area contributed by atoms with Crippen LogP contribution >= 0.6 is 0 Å². The normalized spacial score (nSPS) is 13.0. The average molecular weight is 154 g/mol. The molecular formula is C8H11FN2. The number of alkyl halides is 1. The molecule has 0 saturated heterocycles. The first-order valence-electron chi connectivity index (χ1n) is 3.50. The fourth-order valence-electron chi connectivity index (χ4n) is 0.853. The zero-order chi connectivity index (χ0) is 8.27. The Bertz CT molecular complexity index is 235. The first-order valence-corrected chi connectivity index (χ1v) is 3.50. The van der Waals surface area contributed by atoms with Crippen molar-refractivity contribution in [3.63, 3.8) is 0 Å². The summed E-state index contributed by atoms with van der Waals surface area (Å²) >= 11 is 0. The van der Waals surface area contributed by atoms with Crippen LogP contribution in [0.1, 0.15) is 24.2 Å². The summed E-state index contributed by atoms with van der Waals surface area (Å²) in [5.41, 5.74) is 6.96. The lowest BCUT2D eigenvalue weighted by atomic mass is 10.1. The second kappa shape index (κ2) is 3.44. The Hall–Kier alpha value is -0.960. The molecule has 1 rings (SSSR count). The van der Waals surface area contributed by atoms with E-state index in [9.17, 15) is 4.39 Å². The van der Waals surface area contributed by atoms with E-state index >= 15 is 0 Å². The highest BCUT2D eigenvalue weighted by Gasteiger charge is 2.00. The topological polar surface area (TPSA) is 38.9 Å². The SMILES string of the molecule is CC(N)c1ccnc(CF)c1. The Morgan fingerprint density at radius 2 is 2.45 bits per heavy atom. The van der Waals surface area contributed by atoms with Crippen molar-refractivity contribution in [3.05, 3.63) is 29.6 Å². The number of hydrogen-bond acceptors (Lipinski definition) is 2. The van der Waals surface area contributed by atoms with Crippen molar-refractivity contribution in [1.82, 2.24) is 4.98 Å². The second-order valence-corrected chi connectivity index (χ2v) is 2.50. The lowest BCUT2D eigenvalue weighted by molar-refractivity contribution is 0.475. The van der Waals surface area contributed by atoms with E-state index in [1.165, 1.54) is 0 Å². The number of nitrogens with two attached hydrogens (primary N) is 1. The highest BCUT2D eigenvalue weighted by atomic mass is 19.1. The van der Waals surface area contributed by atoms with Gasteiger partial charge in [0.2, 0.25) is 0 Å². The molecule has 3 heteroatoms. The molecule has 0 spiro atoms. The van der Waals surface area contributed by atoms with Crippen LogP contribution < -0.4 is 5.73 Å². The number of aromatic nitrogens is 1. The Morgan fingerprint density at radius 1 is 1.73 bits per heavy atom. The fourth-order valence-corrected chi connectivity index (χ4v) is 0.853. The van der Waals surface area contributed by atoms with Gasteiger partial charge in [0.15, 0.2) is 0 Å². The van der Waals surface area contributed by atoms with E-state index in [4.69, 9.17) is 5.73 Å². The first-order chi connectivity index (χ1) is 5.24. The van der Waals surface area contributed by atoms with E-state index in [-0.39, 0.29) is 6.04 Å². The van der Waals surface area contributed by atoms with Crippen LogP contribution in [0.4, 0.5) is 4.39 Å². The van der Waals surface area contributed by atoms with Crippen LogP contribution in [-0.4, -0.2) is 4.98 Å². The van der Waals surface area contributed by atoms with Gasteiger partial charge < -0.3 is 5.73 Å². The van der Waals surface area contributed by atoms with Crippen LogP contribution in [0.5, 0.6) is 0 Å². The van der Waals surface area contributed by atoms with Crippen LogP contribution in [0.3, 0.4) is 0 Å². The summed E-state index contributed by atoms with van der Waals surface area (Å²) in [6.07, 6.45) is 1.58. The fraction of sp³-hybridized carbons (Fsp3) is 0.375. The number of nitrogens with zero attached hydrogens (tertiary/aromatic N) is 1. The molecule has 0 aliphatic rings. The molecular weight excluding hydrogens is 143 g/mol. The molecule has 0 saturated carbocycles. The summed E-state index contributed by atoms with van der Waals surface area (Å²) in [5.74, 6) is 0. The number of pyridine rings is 1. The van der Waals surface area contributed by atoms with Crippen molar-refractivity contribution < 1.29 is 4.39 Å². The van der Waals surface area contributed by atoms with E-state index in [0.29, 0.717) is 5.69 Å². The number of rotatable bonds is 2. The third-order valence-corrected chi connectivity index (χ3v) is 1.50. The van der Waals surface area contributed by atoms with Gasteiger partial charge in [-0.1, -0.05) is 0 Å². The van der Waals surface area contributed by atoms with Crippen molar-refractivity contribution in [2.24, 2.45) is 5.73 Å². The summed E-state index contributed by atoms with van der Waals surface area (Å²) in [5, 5.41) is 0. The summed E-state index contributed by atoms with van der Waals surface area (Å²) in [7, 11) is 0. The Kier molecular flexibility index (Phi) is 2.54. The van der Waals surface area contributed by atoms with E-state index in [2.05, 4.69) is 4.98 Å². The Labute approximate surface area is 65.3 Å². The molecule has 0 bridgehead atoms. The van der Waals surface area contributed by atoms with Gasteiger partial charge in [-0.2, -0.15) is 0 Å². The summed E-state index contributed by atoms with van der Waals surface area (Å²) in [6, 6.07) is 3.43. The zero-order valence-electron chi connectivity index (χ0n) is 6.42. The first kappa shape index (κ1) is 8.14. The lowest BCUT2D eigenvalue weighted by Crippen LogP contribution is -2.05. The van der Waals surface area contributed by atoms with Gasteiger partial charge in [-0.25, -0.2) is 4.39 Å². The monoisotopic (exact) mass is 154 g/mol. The second-order valence-electron chi connectivity index (χ2n) is 2.50. The van der Waals surface area contributed by atoms with Crippen LogP contribution in [0.2, 0.25) is 0 Å². The van der Waals surface area contributed by atoms with E-state index in [0.717, 1.165) is 5.56 Å². The van der Waals surface area contributed by atoms with Crippen LogP contribution in [0, 0.1) is 0 Å². The van der Waals surface area contributed by atoms with Crippen molar-refractivity contribution in [3.8, 4) is 0 Å². The molecule has 0 radical (unpaired) electrons. The molecule has 1 aromatic rings. The average Bonchev–Trinajstić information content (AvgIpc) is 2.05. The molecule has 1 atom stereocenters. The number of hydrogen-bond donors (Lipinski definition) is 1. The van der Waals surface area contributed by atoms with Gasteiger partial charge in [0, 0.05) is 12.2 Å². The Balaban J connectivity index is 2.91. The zero-order valence-corrected chi connectivity index (χ0v) is 6.42. The maximum atomic E-state index is 12.1. The molecule has 11 heavy (non-hydrogen) atoms. The molecule has 2 nitrogen and oxygen atoms in total. The molecule has 0 aliphatic carbocycles. The summed E-state index contributed by atoms with van der Waals surface area (Å²) in [4.78, 5) is 3.81. The largest absolute Gasteiger partial charge is 0.324 e. The predicted octanol–water partition coefficient (Wildman–Crippen LogP) is 1.57. The van der Waals surface area contributed by atoms with Crippen molar-refractivity contribution in [2.75, 3.05) is 0 Å². The highest BCUT2D eigenvalue weighted by Crippen LogP contribution is 2.09. The quantitative estimate of drug-likeness (QED) is 0.702. The molecule has 60 valence electrons. The summed E-state index contributed by atoms with van der Waals surface area (Å²) in [6.45, 7) is 1.33. The minimum absolute atomic E-state index is 0.0525. The van der Waals surface area contributed by atoms with E-state index in [1.54, 1.807) is 18.3 Å². The van der Waals surface area contributed by atoms with E-state index < -0.39 is 6.67 Å². The van der Waals surface area contributed by atoms with Crippen LogP contribution in [0.15, 0.2) is 18.3 Å². The molecule has 0 aromatic carbocycles. The van der Waals surface area contributed by atoms with Crippen molar-refractivity contribution in [2.45, 2.75) is 19.6 Å². The van der Waals surface area contributed by atoms with Gasteiger partial charge >= 0.3 is 0 Å². The molecule has 2 N–H and O–H groups in total. The van der Waals surface area contributed by atoms with Crippen LogP contribution in [-0.2, 0) is 6.67 Å². The predicted molar refractivity (Wildman–Crippen MR) is 41.7 cm³/mol. The minimum Gasteiger partial charge on any atom is -0.324 e. The number of halogens is 1. The minimum atomic E-state index is -0.527. The van der Waals surface area contributed by atoms with Gasteiger partial charge in [0.1, 0.15) is 6.67 Å². The molecule has 0 aliphatic heterocycles. The van der Waals surface area contributed by atoms with Crippen molar-refractivity contribution in [1.29, 1.82) is 0 Å². The maximum Gasteiger partial charge on any atom is 0.131 e. The molecule has 1 aromatic heterocycles. The standard InChI is InChI=1S/C8H11FN2/c1-6(10)7-2-3-11-8(4-7)5-9/h2-4,6H,5,10H2,1H3. The Morgan fingerprint density at radius 3 is 3.00 bits per heavy atom. The van der Waals surface area contributed by atoms with Crippen molar-refractivity contribution >= 4 is 0 Å². The van der Waals surface area contributed by atoms with Gasteiger partial charge in [-0.3, -0.25) is 4.98 Å². The smallest absolute Gasteiger partial charge is 0.131 e. The summed E-state index contributed by atoms with van der Waals surface area (Å²) < 4.78 is 12.1. The van der Waals surface area contributed by atoms with Gasteiger partial charge in [-0.05, 0) is 24.6 Å². The van der Waals surface area contributed by atoms with Gasteiger partial charge in [0.05, 0.1) is 5.69 Å². The molecule has 0 fully saturated rings. The van der Waals surface area contributed by atoms with Crippen LogP contribution in [0.25, 0.3) is 0 Å². The maximum absolute atomic E-state index is 12.1.